The van der Waals surface area contributed by atoms with Gasteiger partial charge in [0, 0.05) is 22.8 Å². The fourth-order valence-electron chi connectivity index (χ4n) is 1.83. The molecule has 1 atom stereocenters. The first kappa shape index (κ1) is 16.2. The van der Waals surface area contributed by atoms with Crippen molar-refractivity contribution < 1.29 is 17.6 Å². The molecule has 112 valence electrons. The monoisotopic (exact) mass is 381 g/mol. The van der Waals surface area contributed by atoms with Gasteiger partial charge >= 0.3 is 6.18 Å². The lowest BCUT2D eigenvalue weighted by atomic mass is 10.0. The maximum atomic E-state index is 13.8. The number of aromatic nitrogens is 1. The van der Waals surface area contributed by atoms with E-state index in [-0.39, 0.29) is 12.0 Å². The minimum Gasteiger partial charge on any atom is -0.263 e. The number of rotatable bonds is 3. The van der Waals surface area contributed by atoms with E-state index in [0.29, 0.717) is 10.6 Å². The van der Waals surface area contributed by atoms with Gasteiger partial charge in [0.2, 0.25) is 0 Å². The summed E-state index contributed by atoms with van der Waals surface area (Å²) >= 11 is 9.16. The van der Waals surface area contributed by atoms with Gasteiger partial charge in [0.05, 0.1) is 10.6 Å². The molecule has 0 saturated carbocycles. The van der Waals surface area contributed by atoms with Crippen molar-refractivity contribution in [1.29, 1.82) is 0 Å². The summed E-state index contributed by atoms with van der Waals surface area (Å²) in [6, 6.07) is 3.99. The quantitative estimate of drug-likeness (QED) is 0.499. The molecule has 0 N–H and O–H groups in total. The predicted octanol–water partition coefficient (Wildman–Crippen LogP) is 5.57. The van der Waals surface area contributed by atoms with Crippen LogP contribution in [-0.2, 0) is 12.6 Å². The molecule has 1 aromatic carbocycles. The molecule has 0 spiro atoms. The van der Waals surface area contributed by atoms with Gasteiger partial charge in [-0.15, -0.1) is 0 Å². The van der Waals surface area contributed by atoms with Crippen LogP contribution in [0.15, 0.2) is 36.7 Å². The Bertz CT molecular complexity index is 645. The summed E-state index contributed by atoms with van der Waals surface area (Å²) in [4.78, 5) is 3.19. The van der Waals surface area contributed by atoms with Crippen LogP contribution in [0.1, 0.15) is 21.5 Å². The molecular weight excluding hydrogens is 374 g/mol. The van der Waals surface area contributed by atoms with Gasteiger partial charge in [0.25, 0.3) is 0 Å². The number of alkyl halides is 4. The third-order valence-electron chi connectivity index (χ3n) is 2.92. The largest absolute Gasteiger partial charge is 0.416 e. The van der Waals surface area contributed by atoms with Gasteiger partial charge in [0.15, 0.2) is 0 Å². The Morgan fingerprint density at radius 1 is 1.24 bits per heavy atom. The molecule has 0 aliphatic rings. The zero-order valence-corrected chi connectivity index (χ0v) is 12.8. The van der Waals surface area contributed by atoms with Gasteiger partial charge in [-0.05, 0) is 36.2 Å². The molecular formula is C14H9BrClF4N. The zero-order valence-electron chi connectivity index (χ0n) is 10.5. The molecule has 0 bridgehead atoms. The summed E-state index contributed by atoms with van der Waals surface area (Å²) in [6.07, 6.45) is -1.31. The molecule has 21 heavy (non-hydrogen) atoms. The van der Waals surface area contributed by atoms with E-state index in [4.69, 9.17) is 11.6 Å². The summed E-state index contributed by atoms with van der Waals surface area (Å²) in [7, 11) is 0. The van der Waals surface area contributed by atoms with Gasteiger partial charge < -0.3 is 0 Å². The van der Waals surface area contributed by atoms with Crippen molar-refractivity contribution in [1.82, 2.24) is 4.98 Å². The SMILES string of the molecule is Fc1ccc(C(F)(F)F)cc1C(Br)Cc1ccncc1Cl. The first-order chi connectivity index (χ1) is 9.79. The van der Waals surface area contributed by atoms with Crippen LogP contribution in [0.5, 0.6) is 0 Å². The third-order valence-corrected chi connectivity index (χ3v) is 4.07. The number of hydrogen-bond donors (Lipinski definition) is 0. The standard InChI is InChI=1S/C14H9BrClF4N/c15-11(5-8-3-4-21-7-12(8)16)10-6-9(14(18,19)20)1-2-13(10)17/h1-4,6-7,11H,5H2. The zero-order chi connectivity index (χ0) is 15.6. The smallest absolute Gasteiger partial charge is 0.263 e. The molecule has 1 nitrogen and oxygen atoms in total. The molecule has 1 aromatic heterocycles. The highest BCUT2D eigenvalue weighted by molar-refractivity contribution is 9.09. The van der Waals surface area contributed by atoms with Crippen LogP contribution in [-0.4, -0.2) is 4.98 Å². The summed E-state index contributed by atoms with van der Waals surface area (Å²) in [6.45, 7) is 0. The predicted molar refractivity (Wildman–Crippen MR) is 76.0 cm³/mol. The van der Waals surface area contributed by atoms with Gasteiger partial charge in [-0.2, -0.15) is 13.2 Å². The van der Waals surface area contributed by atoms with E-state index in [1.54, 1.807) is 6.07 Å². The molecule has 1 heterocycles. The number of benzene rings is 1. The second-order valence-corrected chi connectivity index (χ2v) is 5.89. The number of halogens is 6. The van der Waals surface area contributed by atoms with Crippen LogP contribution in [0.2, 0.25) is 5.02 Å². The first-order valence-corrected chi connectivity index (χ1v) is 7.17. The fraction of sp³-hybridized carbons (Fsp3) is 0.214. The normalized spacial score (nSPS) is 13.2. The minimum absolute atomic E-state index is 0.0577. The molecule has 0 radical (unpaired) electrons. The second kappa shape index (κ2) is 6.32. The lowest BCUT2D eigenvalue weighted by molar-refractivity contribution is -0.137. The second-order valence-electron chi connectivity index (χ2n) is 4.37. The van der Waals surface area contributed by atoms with Crippen LogP contribution in [0.4, 0.5) is 17.6 Å². The fourth-order valence-corrected chi connectivity index (χ4v) is 2.73. The highest BCUT2D eigenvalue weighted by Gasteiger charge is 2.31. The first-order valence-electron chi connectivity index (χ1n) is 5.88. The van der Waals surface area contributed by atoms with Crippen molar-refractivity contribution in [3.63, 3.8) is 0 Å². The Labute approximate surface area is 132 Å². The number of hydrogen-bond acceptors (Lipinski definition) is 1. The van der Waals surface area contributed by atoms with Crippen molar-refractivity contribution >= 4 is 27.5 Å². The van der Waals surface area contributed by atoms with E-state index >= 15 is 0 Å². The Morgan fingerprint density at radius 2 is 1.95 bits per heavy atom. The average molecular weight is 383 g/mol. The number of pyridine rings is 1. The topological polar surface area (TPSA) is 12.9 Å². The van der Waals surface area contributed by atoms with Crippen molar-refractivity contribution in [2.24, 2.45) is 0 Å². The van der Waals surface area contributed by atoms with Crippen LogP contribution in [0, 0.1) is 5.82 Å². The molecule has 2 rings (SSSR count). The third kappa shape index (κ3) is 3.95. The Balaban J connectivity index is 2.31. The summed E-state index contributed by atoms with van der Waals surface area (Å²) < 4.78 is 51.8. The van der Waals surface area contributed by atoms with Crippen molar-refractivity contribution in [2.45, 2.75) is 17.4 Å². The maximum Gasteiger partial charge on any atom is 0.416 e. The van der Waals surface area contributed by atoms with Gasteiger partial charge in [-0.3, -0.25) is 4.98 Å². The van der Waals surface area contributed by atoms with E-state index in [1.165, 1.54) is 12.4 Å². The van der Waals surface area contributed by atoms with Crippen LogP contribution in [0.3, 0.4) is 0 Å². The molecule has 1 unspecified atom stereocenters. The molecule has 0 saturated heterocycles. The average Bonchev–Trinajstić information content (AvgIpc) is 2.40. The molecule has 0 amide bonds. The van der Waals surface area contributed by atoms with E-state index in [9.17, 15) is 17.6 Å². The summed E-state index contributed by atoms with van der Waals surface area (Å²) in [5.74, 6) is -0.699. The van der Waals surface area contributed by atoms with Crippen LogP contribution in [0.25, 0.3) is 0 Å². The maximum absolute atomic E-state index is 13.8. The molecule has 0 fully saturated rings. The Kier molecular flexibility index (Phi) is 4.88. The molecule has 2 aromatic rings. The van der Waals surface area contributed by atoms with Gasteiger partial charge in [0.1, 0.15) is 5.82 Å². The van der Waals surface area contributed by atoms with Gasteiger partial charge in [-0.25, -0.2) is 4.39 Å². The van der Waals surface area contributed by atoms with Crippen LogP contribution >= 0.6 is 27.5 Å². The summed E-state index contributed by atoms with van der Waals surface area (Å²) in [5.41, 5.74) is -0.271. The van der Waals surface area contributed by atoms with Gasteiger partial charge in [-0.1, -0.05) is 27.5 Å². The highest BCUT2D eigenvalue weighted by atomic mass is 79.9. The minimum atomic E-state index is -4.51. The van der Waals surface area contributed by atoms with E-state index in [0.717, 1.165) is 18.2 Å². The summed E-state index contributed by atoms with van der Waals surface area (Å²) in [5, 5.41) is 0.384. The lowest BCUT2D eigenvalue weighted by Gasteiger charge is -2.15. The van der Waals surface area contributed by atoms with Crippen LogP contribution < -0.4 is 0 Å². The van der Waals surface area contributed by atoms with E-state index in [2.05, 4.69) is 20.9 Å². The Hall–Kier alpha value is -1.14. The van der Waals surface area contributed by atoms with Crippen molar-refractivity contribution in [3.8, 4) is 0 Å². The van der Waals surface area contributed by atoms with E-state index in [1.807, 2.05) is 0 Å². The van der Waals surface area contributed by atoms with Crippen molar-refractivity contribution in [2.75, 3.05) is 0 Å². The lowest BCUT2D eigenvalue weighted by Crippen LogP contribution is -2.08. The van der Waals surface area contributed by atoms with Crippen molar-refractivity contribution in [3.05, 3.63) is 64.2 Å². The van der Waals surface area contributed by atoms with E-state index < -0.39 is 22.4 Å². The highest BCUT2D eigenvalue weighted by Crippen LogP contribution is 2.36. The molecule has 0 aliphatic carbocycles. The number of nitrogens with zero attached hydrogens (tertiary/aromatic N) is 1. The Morgan fingerprint density at radius 3 is 2.57 bits per heavy atom. The molecule has 7 heteroatoms. The molecule has 0 aliphatic heterocycles.